The minimum atomic E-state index is -2.51. The lowest BCUT2D eigenvalue weighted by atomic mass is 9.72. The minimum Gasteiger partial charge on any atom is -0.456 e. The van der Waals surface area contributed by atoms with Gasteiger partial charge in [-0.1, -0.05) is 75.8 Å². The SMILES string of the molecule is CCC1C=C(C)CC(C)CC(OC)C2OC(O)(C(=O)C(=O)N3CCCCC3C(=O)OC(C(C)=CC3CCC(O)(c4ccccc4)C(OC)C3)C(C)C(O)CC1=O)C(C)CC2OC. The van der Waals surface area contributed by atoms with Gasteiger partial charge in [-0.3, -0.25) is 14.4 Å². The highest BCUT2D eigenvalue weighted by Gasteiger charge is 2.56. The lowest BCUT2D eigenvalue weighted by molar-refractivity contribution is -0.302. The van der Waals surface area contributed by atoms with Gasteiger partial charge in [0, 0.05) is 52.0 Å². The molecule has 3 N–H and O–H groups in total. The van der Waals surface area contributed by atoms with E-state index in [1.165, 1.54) is 19.1 Å². The van der Waals surface area contributed by atoms with Gasteiger partial charge in [-0.05, 0) is 101 Å². The van der Waals surface area contributed by atoms with Crippen LogP contribution in [0, 0.1) is 29.6 Å². The third-order valence-electron chi connectivity index (χ3n) is 14.3. The molecule has 1 aliphatic carbocycles. The first-order chi connectivity index (χ1) is 29.4. The molecule has 1 amide bonds. The first kappa shape index (κ1) is 49.7. The van der Waals surface area contributed by atoms with Crippen molar-refractivity contribution in [2.24, 2.45) is 29.6 Å². The molecular formula is C49H73NO12. The largest absolute Gasteiger partial charge is 0.456 e. The lowest BCUT2D eigenvalue weighted by Crippen LogP contribution is -2.64. The van der Waals surface area contributed by atoms with Crippen molar-refractivity contribution in [3.05, 3.63) is 59.2 Å². The second-order valence-corrected chi connectivity index (χ2v) is 18.8. The highest BCUT2D eigenvalue weighted by molar-refractivity contribution is 6.39. The molecule has 346 valence electrons. The molecule has 1 aromatic rings. The summed E-state index contributed by atoms with van der Waals surface area (Å²) < 4.78 is 30.3. The molecule has 13 heteroatoms. The van der Waals surface area contributed by atoms with Gasteiger partial charge in [0.15, 0.2) is 0 Å². The quantitative estimate of drug-likeness (QED) is 0.166. The van der Waals surface area contributed by atoms with E-state index >= 15 is 0 Å². The number of carbonyl (C=O) groups is 4. The highest BCUT2D eigenvalue weighted by Crippen LogP contribution is 2.43. The van der Waals surface area contributed by atoms with Crippen molar-refractivity contribution in [1.29, 1.82) is 0 Å². The predicted molar refractivity (Wildman–Crippen MR) is 232 cm³/mol. The van der Waals surface area contributed by atoms with Crippen molar-refractivity contribution < 1.29 is 58.2 Å². The molecule has 0 spiro atoms. The fourth-order valence-corrected chi connectivity index (χ4v) is 10.5. The van der Waals surface area contributed by atoms with Gasteiger partial charge in [-0.15, -0.1) is 0 Å². The van der Waals surface area contributed by atoms with Gasteiger partial charge in [0.1, 0.15) is 29.6 Å². The molecule has 2 bridgehead atoms. The van der Waals surface area contributed by atoms with Gasteiger partial charge in [-0.25, -0.2) is 4.79 Å². The van der Waals surface area contributed by atoms with E-state index in [2.05, 4.69) is 6.92 Å². The minimum absolute atomic E-state index is 0.0256. The molecule has 0 aromatic heterocycles. The Bertz CT molecular complexity index is 1770. The number of rotatable bonds is 7. The Hall–Kier alpha value is -3.30. The van der Waals surface area contributed by atoms with E-state index in [0.29, 0.717) is 56.9 Å². The van der Waals surface area contributed by atoms with E-state index in [1.807, 2.05) is 63.3 Å². The smallest absolute Gasteiger partial charge is 0.329 e. The zero-order valence-electron chi connectivity index (χ0n) is 38.4. The number of benzene rings is 1. The summed E-state index contributed by atoms with van der Waals surface area (Å²) in [4.78, 5) is 58.2. The summed E-state index contributed by atoms with van der Waals surface area (Å²) in [7, 11) is 4.65. The average molecular weight is 868 g/mol. The number of piperidine rings is 1. The van der Waals surface area contributed by atoms with Crippen LogP contribution in [0.15, 0.2) is 53.6 Å². The second kappa shape index (κ2) is 21.6. The molecule has 14 unspecified atom stereocenters. The number of allylic oxidation sites excluding steroid dienone is 3. The van der Waals surface area contributed by atoms with Crippen LogP contribution in [-0.2, 0) is 48.5 Å². The second-order valence-electron chi connectivity index (χ2n) is 18.8. The van der Waals surface area contributed by atoms with Crippen LogP contribution in [0.1, 0.15) is 118 Å². The molecule has 5 rings (SSSR count). The number of nitrogens with zero attached hydrogens (tertiary/aromatic N) is 1. The van der Waals surface area contributed by atoms with Crippen LogP contribution in [0.3, 0.4) is 0 Å². The number of hydrogen-bond donors (Lipinski definition) is 3. The molecule has 13 nitrogen and oxygen atoms in total. The number of esters is 1. The summed E-state index contributed by atoms with van der Waals surface area (Å²) in [5, 5.41) is 35.7. The van der Waals surface area contributed by atoms with Crippen LogP contribution in [-0.4, -0.2) is 120 Å². The Balaban J connectivity index is 1.52. The van der Waals surface area contributed by atoms with Crippen LogP contribution in [0.4, 0.5) is 0 Å². The standard InChI is InChI=1S/C49H73NO12/c1-10-35-23-29(2)22-30(3)24-40(58-7)44-41(59-8)26-32(5)49(57,62-44)45(53)46(54)50-21-15-14-18-37(50)47(55)61-43(33(6)38(51)28-39(35)52)31(4)25-34-19-20-48(56,42(27-34)60-9)36-16-12-11-13-17-36/h11-13,16-17,23,25,30,32-35,37-38,40-44,51,56-57H,10,14-15,18-22,24,26-28H2,1-9H3. The number of Topliss-reactive ketones (excluding diaryl/α,β-unsaturated/α-hetero) is 2. The number of ether oxygens (including phenoxy) is 5. The third-order valence-corrected chi connectivity index (χ3v) is 14.3. The van der Waals surface area contributed by atoms with Crippen molar-refractivity contribution in [3.63, 3.8) is 0 Å². The number of methoxy groups -OCH3 is 3. The average Bonchev–Trinajstić information content (AvgIpc) is 3.26. The number of amides is 1. The fraction of sp³-hybridized carbons (Fsp3) is 0.714. The van der Waals surface area contributed by atoms with E-state index in [0.717, 1.165) is 11.1 Å². The zero-order chi connectivity index (χ0) is 45.5. The van der Waals surface area contributed by atoms with E-state index < -0.39 is 89.5 Å². The lowest BCUT2D eigenvalue weighted by Gasteiger charge is -2.47. The molecule has 1 aromatic carbocycles. The number of cyclic esters (lactones) is 1. The maximum atomic E-state index is 14.5. The molecule has 14 atom stereocenters. The number of ketones is 2. The van der Waals surface area contributed by atoms with Gasteiger partial charge < -0.3 is 43.9 Å². The molecule has 3 aliphatic heterocycles. The molecule has 2 saturated heterocycles. The van der Waals surface area contributed by atoms with E-state index in [9.17, 15) is 34.5 Å². The van der Waals surface area contributed by atoms with Crippen LogP contribution in [0.2, 0.25) is 0 Å². The van der Waals surface area contributed by atoms with Crippen LogP contribution in [0.5, 0.6) is 0 Å². The maximum Gasteiger partial charge on any atom is 0.329 e. The Morgan fingerprint density at radius 2 is 1.60 bits per heavy atom. The van der Waals surface area contributed by atoms with Crippen molar-refractivity contribution >= 4 is 23.4 Å². The molecule has 3 fully saturated rings. The number of hydrogen-bond acceptors (Lipinski definition) is 12. The summed E-state index contributed by atoms with van der Waals surface area (Å²) in [5.74, 6) is -7.70. The fourth-order valence-electron chi connectivity index (χ4n) is 10.5. The molecule has 4 aliphatic rings. The molecule has 3 heterocycles. The van der Waals surface area contributed by atoms with Gasteiger partial charge in [-0.2, -0.15) is 0 Å². The van der Waals surface area contributed by atoms with E-state index in [4.69, 9.17) is 23.7 Å². The monoisotopic (exact) mass is 868 g/mol. The topological polar surface area (TPSA) is 178 Å². The third kappa shape index (κ3) is 11.0. The van der Waals surface area contributed by atoms with Gasteiger partial charge in [0.05, 0.1) is 24.4 Å². The Morgan fingerprint density at radius 3 is 2.24 bits per heavy atom. The summed E-state index contributed by atoms with van der Waals surface area (Å²) in [6.07, 6.45) is 3.69. The van der Waals surface area contributed by atoms with Crippen molar-refractivity contribution in [3.8, 4) is 0 Å². The van der Waals surface area contributed by atoms with Crippen molar-refractivity contribution in [2.75, 3.05) is 27.9 Å². The summed E-state index contributed by atoms with van der Waals surface area (Å²) in [5.41, 5.74) is 1.22. The predicted octanol–water partition coefficient (Wildman–Crippen LogP) is 6.00. The van der Waals surface area contributed by atoms with Crippen molar-refractivity contribution in [2.45, 2.75) is 166 Å². The zero-order valence-corrected chi connectivity index (χ0v) is 38.4. The number of carbonyl (C=O) groups excluding carboxylic acids is 4. The van der Waals surface area contributed by atoms with Gasteiger partial charge >= 0.3 is 5.97 Å². The van der Waals surface area contributed by atoms with Gasteiger partial charge in [0.25, 0.3) is 11.7 Å². The molecular weight excluding hydrogens is 795 g/mol. The molecule has 62 heavy (non-hydrogen) atoms. The normalized spacial score (nSPS) is 39.0. The van der Waals surface area contributed by atoms with Crippen LogP contribution >= 0.6 is 0 Å². The molecule has 1 saturated carbocycles. The summed E-state index contributed by atoms with van der Waals surface area (Å²) in [6.45, 7) is 11.3. The van der Waals surface area contributed by atoms with Crippen LogP contribution < -0.4 is 0 Å². The Morgan fingerprint density at radius 1 is 0.919 bits per heavy atom. The summed E-state index contributed by atoms with van der Waals surface area (Å²) in [6, 6.07) is 8.31. The number of fused-ring (bicyclic) bond motifs is 3. The van der Waals surface area contributed by atoms with E-state index in [1.54, 1.807) is 21.0 Å². The van der Waals surface area contributed by atoms with Crippen LogP contribution in [0.25, 0.3) is 0 Å². The van der Waals surface area contributed by atoms with E-state index in [-0.39, 0.29) is 43.4 Å². The summed E-state index contributed by atoms with van der Waals surface area (Å²) >= 11 is 0. The Kier molecular flexibility index (Phi) is 17.3. The number of aliphatic hydroxyl groups is 3. The molecule has 0 radical (unpaired) electrons. The number of aliphatic hydroxyl groups excluding tert-OH is 1. The Labute approximate surface area is 368 Å². The van der Waals surface area contributed by atoms with Crippen molar-refractivity contribution in [1.82, 2.24) is 4.90 Å². The van der Waals surface area contributed by atoms with Gasteiger partial charge in [0.2, 0.25) is 5.79 Å². The highest BCUT2D eigenvalue weighted by atomic mass is 16.7. The maximum absolute atomic E-state index is 14.5. The first-order valence-electron chi connectivity index (χ1n) is 22.8. The first-order valence-corrected chi connectivity index (χ1v) is 22.8.